The molecule has 0 unspecified atom stereocenters. The van der Waals surface area contributed by atoms with Crippen LogP contribution in [0.1, 0.15) is 30.6 Å². The van der Waals surface area contributed by atoms with Crippen LogP contribution in [0.3, 0.4) is 0 Å². The minimum absolute atomic E-state index is 0.105. The number of hydrogen-bond acceptors (Lipinski definition) is 4. The monoisotopic (exact) mass is 414 g/mol. The second-order valence-corrected chi connectivity index (χ2v) is 9.32. The number of thiophene rings is 1. The zero-order valence-electron chi connectivity index (χ0n) is 14.5. The van der Waals surface area contributed by atoms with Crippen LogP contribution in [0.15, 0.2) is 40.6 Å². The van der Waals surface area contributed by atoms with Gasteiger partial charge in [0.05, 0.1) is 6.54 Å². The van der Waals surface area contributed by atoms with Gasteiger partial charge in [0.15, 0.2) is 0 Å². The summed E-state index contributed by atoms with van der Waals surface area (Å²) < 4.78 is 52.9. The van der Waals surface area contributed by atoms with Crippen molar-refractivity contribution in [2.24, 2.45) is 0 Å². The van der Waals surface area contributed by atoms with Crippen LogP contribution in [0.4, 0.5) is 8.78 Å². The van der Waals surface area contributed by atoms with E-state index < -0.39 is 39.0 Å². The molecule has 0 saturated heterocycles. The van der Waals surface area contributed by atoms with Crippen molar-refractivity contribution in [3.8, 4) is 0 Å². The molecule has 1 aromatic carbocycles. The summed E-state index contributed by atoms with van der Waals surface area (Å²) in [6, 6.07) is 6.20. The van der Waals surface area contributed by atoms with Crippen molar-refractivity contribution < 1.29 is 22.0 Å². The molecule has 0 bridgehead atoms. The van der Waals surface area contributed by atoms with Crippen molar-refractivity contribution in [2.45, 2.75) is 36.0 Å². The maximum atomic E-state index is 13.7. The molecular formula is C18H20F2N2O3S2. The number of carbonyl (C=O) groups excluding carboxylic acids is 1. The standard InChI is InChI=1S/C18H20F2N2O3S2/c19-13-5-6-15(14(20)10-13)27(24,25)22-11-17(23)21-12-18(7-1-2-8-18)16-4-3-9-26-16/h3-6,9-10,22H,1-2,7-8,11-12H2,(H,21,23). The van der Waals surface area contributed by atoms with Crippen LogP contribution in [-0.4, -0.2) is 27.4 Å². The molecule has 5 nitrogen and oxygen atoms in total. The summed E-state index contributed by atoms with van der Waals surface area (Å²) >= 11 is 1.65. The zero-order chi connectivity index (χ0) is 19.5. The molecule has 2 N–H and O–H groups in total. The quantitative estimate of drug-likeness (QED) is 0.732. The Labute approximate surface area is 160 Å². The van der Waals surface area contributed by atoms with Crippen LogP contribution >= 0.6 is 11.3 Å². The van der Waals surface area contributed by atoms with Gasteiger partial charge in [0.25, 0.3) is 0 Å². The van der Waals surface area contributed by atoms with Crippen molar-refractivity contribution in [3.05, 3.63) is 52.2 Å². The Hall–Kier alpha value is -1.84. The first-order chi connectivity index (χ1) is 12.8. The fourth-order valence-corrected chi connectivity index (χ4v) is 5.43. The van der Waals surface area contributed by atoms with E-state index in [-0.39, 0.29) is 5.41 Å². The highest BCUT2D eigenvalue weighted by Gasteiger charge is 2.36. The molecule has 3 rings (SSSR count). The summed E-state index contributed by atoms with van der Waals surface area (Å²) in [4.78, 5) is 12.7. The summed E-state index contributed by atoms with van der Waals surface area (Å²) in [7, 11) is -4.25. The van der Waals surface area contributed by atoms with Crippen molar-refractivity contribution in [2.75, 3.05) is 13.1 Å². The van der Waals surface area contributed by atoms with Gasteiger partial charge >= 0.3 is 0 Å². The smallest absolute Gasteiger partial charge is 0.243 e. The van der Waals surface area contributed by atoms with Gasteiger partial charge in [-0.3, -0.25) is 4.79 Å². The van der Waals surface area contributed by atoms with Crippen LogP contribution in [0.2, 0.25) is 0 Å². The summed E-state index contributed by atoms with van der Waals surface area (Å²) in [5, 5.41) is 4.79. The molecule has 1 fully saturated rings. The third kappa shape index (κ3) is 4.53. The minimum atomic E-state index is -4.25. The highest BCUT2D eigenvalue weighted by molar-refractivity contribution is 7.89. The van der Waals surface area contributed by atoms with E-state index in [2.05, 4.69) is 16.1 Å². The molecule has 1 aliphatic rings. The molecule has 2 aromatic rings. The topological polar surface area (TPSA) is 75.3 Å². The molecule has 1 saturated carbocycles. The zero-order valence-corrected chi connectivity index (χ0v) is 16.1. The van der Waals surface area contributed by atoms with Gasteiger partial charge in [-0.2, -0.15) is 0 Å². The number of sulfonamides is 1. The number of halogens is 2. The summed E-state index contributed by atoms with van der Waals surface area (Å²) in [5.41, 5.74) is -0.105. The SMILES string of the molecule is O=C(CNS(=O)(=O)c1ccc(F)cc1F)NCC1(c2cccs2)CCCC1. The Bertz CT molecular complexity index is 909. The second-order valence-electron chi connectivity index (χ2n) is 6.64. The molecule has 0 aliphatic heterocycles. The van der Waals surface area contributed by atoms with E-state index in [1.165, 1.54) is 4.88 Å². The molecule has 9 heteroatoms. The lowest BCUT2D eigenvalue weighted by atomic mass is 9.84. The van der Waals surface area contributed by atoms with Crippen LogP contribution in [0.5, 0.6) is 0 Å². The Kier molecular flexibility index (Phi) is 5.92. The maximum Gasteiger partial charge on any atom is 0.243 e. The Balaban J connectivity index is 1.59. The third-order valence-corrected chi connectivity index (χ3v) is 7.39. The Morgan fingerprint density at radius 1 is 1.19 bits per heavy atom. The van der Waals surface area contributed by atoms with E-state index in [0.717, 1.165) is 37.8 Å². The highest BCUT2D eigenvalue weighted by atomic mass is 32.2. The van der Waals surface area contributed by atoms with E-state index in [1.807, 2.05) is 11.4 Å². The first kappa shape index (κ1) is 19.9. The molecule has 1 aliphatic carbocycles. The van der Waals surface area contributed by atoms with Crippen LogP contribution in [-0.2, 0) is 20.2 Å². The highest BCUT2D eigenvalue weighted by Crippen LogP contribution is 2.42. The summed E-state index contributed by atoms with van der Waals surface area (Å²) in [6.45, 7) is -0.0847. The predicted molar refractivity (Wildman–Crippen MR) is 99.0 cm³/mol. The number of nitrogens with one attached hydrogen (secondary N) is 2. The number of carbonyl (C=O) groups is 1. The first-order valence-electron chi connectivity index (χ1n) is 8.58. The van der Waals surface area contributed by atoms with Crippen LogP contribution < -0.4 is 10.0 Å². The molecular weight excluding hydrogens is 394 g/mol. The van der Waals surface area contributed by atoms with E-state index >= 15 is 0 Å². The third-order valence-electron chi connectivity index (χ3n) is 4.83. The Morgan fingerprint density at radius 3 is 2.56 bits per heavy atom. The van der Waals surface area contributed by atoms with Gasteiger partial charge in [-0.15, -0.1) is 11.3 Å². The lowest BCUT2D eigenvalue weighted by Crippen LogP contribution is -2.43. The molecule has 1 amide bonds. The molecule has 0 radical (unpaired) electrons. The van der Waals surface area contributed by atoms with Gasteiger partial charge in [-0.25, -0.2) is 21.9 Å². The van der Waals surface area contributed by atoms with Crippen molar-refractivity contribution >= 4 is 27.3 Å². The second kappa shape index (κ2) is 8.04. The number of amides is 1. The van der Waals surface area contributed by atoms with Crippen LogP contribution in [0, 0.1) is 11.6 Å². The molecule has 27 heavy (non-hydrogen) atoms. The molecule has 0 atom stereocenters. The normalized spacial score (nSPS) is 16.4. The Morgan fingerprint density at radius 2 is 1.93 bits per heavy atom. The first-order valence-corrected chi connectivity index (χ1v) is 10.9. The van der Waals surface area contributed by atoms with Gasteiger partial charge in [0.2, 0.25) is 15.9 Å². The van der Waals surface area contributed by atoms with E-state index in [0.29, 0.717) is 12.6 Å². The lowest BCUT2D eigenvalue weighted by molar-refractivity contribution is -0.120. The number of hydrogen-bond donors (Lipinski definition) is 2. The van der Waals surface area contributed by atoms with Crippen molar-refractivity contribution in [1.82, 2.24) is 10.0 Å². The molecule has 0 spiro atoms. The van der Waals surface area contributed by atoms with Gasteiger partial charge in [0, 0.05) is 22.9 Å². The largest absolute Gasteiger partial charge is 0.354 e. The fraction of sp³-hybridized carbons (Fsp3) is 0.389. The van der Waals surface area contributed by atoms with Crippen molar-refractivity contribution in [3.63, 3.8) is 0 Å². The lowest BCUT2D eigenvalue weighted by Gasteiger charge is -2.28. The van der Waals surface area contributed by atoms with Gasteiger partial charge in [0.1, 0.15) is 16.5 Å². The maximum absolute atomic E-state index is 13.7. The van der Waals surface area contributed by atoms with E-state index in [4.69, 9.17) is 0 Å². The molecule has 1 aromatic heterocycles. The van der Waals surface area contributed by atoms with E-state index in [9.17, 15) is 22.0 Å². The predicted octanol–water partition coefficient (Wildman–Crippen LogP) is 2.93. The minimum Gasteiger partial charge on any atom is -0.354 e. The van der Waals surface area contributed by atoms with E-state index in [1.54, 1.807) is 11.3 Å². The van der Waals surface area contributed by atoms with Gasteiger partial charge in [-0.05, 0) is 36.4 Å². The molecule has 146 valence electrons. The summed E-state index contributed by atoms with van der Waals surface area (Å²) in [6.07, 6.45) is 4.12. The average Bonchev–Trinajstić information content (AvgIpc) is 3.30. The van der Waals surface area contributed by atoms with Gasteiger partial charge < -0.3 is 5.32 Å². The fourth-order valence-electron chi connectivity index (χ4n) is 3.40. The number of rotatable bonds is 7. The van der Waals surface area contributed by atoms with Gasteiger partial charge in [-0.1, -0.05) is 18.9 Å². The molecule has 1 heterocycles. The number of benzene rings is 1. The summed E-state index contributed by atoms with van der Waals surface area (Å²) in [5.74, 6) is -2.57. The van der Waals surface area contributed by atoms with Crippen molar-refractivity contribution in [1.29, 1.82) is 0 Å². The average molecular weight is 414 g/mol. The van der Waals surface area contributed by atoms with Crippen LogP contribution in [0.25, 0.3) is 0 Å².